The maximum atomic E-state index is 6.40. The number of aromatic nitrogens is 1. The molecule has 1 atom stereocenters. The van der Waals surface area contributed by atoms with Gasteiger partial charge in [0.15, 0.2) is 0 Å². The highest BCUT2D eigenvalue weighted by molar-refractivity contribution is 6.24. The number of hydrogen-bond acceptors (Lipinski definition) is 3. The average molecular weight is 590 g/mol. The Morgan fingerprint density at radius 3 is 2.30 bits per heavy atom. The first-order valence-corrected chi connectivity index (χ1v) is 15.7. The van der Waals surface area contributed by atoms with Crippen molar-refractivity contribution in [2.45, 2.75) is 6.17 Å². The first-order chi connectivity index (χ1) is 22.8. The van der Waals surface area contributed by atoms with E-state index >= 15 is 0 Å². The van der Waals surface area contributed by atoms with Gasteiger partial charge in [0.25, 0.3) is 0 Å². The van der Waals surface area contributed by atoms with Crippen molar-refractivity contribution in [3.63, 3.8) is 0 Å². The molecule has 9 aromatic rings. The van der Waals surface area contributed by atoms with E-state index in [-0.39, 0.29) is 6.17 Å². The van der Waals surface area contributed by atoms with E-state index in [0.717, 1.165) is 61.2 Å². The number of nitrogens with zero attached hydrogens (tertiary/aromatic N) is 2. The van der Waals surface area contributed by atoms with Gasteiger partial charge < -0.3 is 14.3 Å². The van der Waals surface area contributed by atoms with E-state index in [4.69, 9.17) is 9.41 Å². The van der Waals surface area contributed by atoms with E-state index < -0.39 is 0 Å². The van der Waals surface area contributed by atoms with Crippen LogP contribution in [0.15, 0.2) is 161 Å². The maximum absolute atomic E-state index is 6.40. The minimum Gasteiger partial charge on any atom is -0.456 e. The number of fused-ring (bicyclic) bond motifs is 9. The number of nitrogens with one attached hydrogen (secondary N) is 1. The minimum atomic E-state index is -0.235. The van der Waals surface area contributed by atoms with Crippen LogP contribution in [-0.4, -0.2) is 10.3 Å². The molecule has 0 saturated heterocycles. The summed E-state index contributed by atoms with van der Waals surface area (Å²) >= 11 is 0. The zero-order chi connectivity index (χ0) is 30.2. The van der Waals surface area contributed by atoms with Gasteiger partial charge in [-0.05, 0) is 52.7 Å². The van der Waals surface area contributed by atoms with Crippen LogP contribution in [0.2, 0.25) is 0 Å². The van der Waals surface area contributed by atoms with Gasteiger partial charge in [-0.25, -0.2) is 0 Å². The summed E-state index contributed by atoms with van der Waals surface area (Å²) in [4.78, 5) is 5.30. The Morgan fingerprint density at radius 2 is 1.37 bits per heavy atom. The van der Waals surface area contributed by atoms with Crippen LogP contribution in [0.4, 0.5) is 5.69 Å². The molecule has 0 fully saturated rings. The van der Waals surface area contributed by atoms with Crippen LogP contribution in [0, 0.1) is 0 Å². The van der Waals surface area contributed by atoms with E-state index in [2.05, 4.69) is 143 Å². The summed E-state index contributed by atoms with van der Waals surface area (Å²) in [6.07, 6.45) is -0.235. The summed E-state index contributed by atoms with van der Waals surface area (Å²) in [5.74, 6) is 0. The van der Waals surface area contributed by atoms with Crippen molar-refractivity contribution in [2.75, 3.05) is 5.32 Å². The van der Waals surface area contributed by atoms with Crippen molar-refractivity contribution in [2.24, 2.45) is 4.99 Å². The van der Waals surface area contributed by atoms with Crippen LogP contribution in [0.1, 0.15) is 22.9 Å². The zero-order valence-electron chi connectivity index (χ0n) is 24.8. The third-order valence-electron chi connectivity index (χ3n) is 9.38. The van der Waals surface area contributed by atoms with E-state index in [0.29, 0.717) is 0 Å². The molecule has 4 nitrogen and oxygen atoms in total. The van der Waals surface area contributed by atoms with Gasteiger partial charge in [-0.15, -0.1) is 0 Å². The van der Waals surface area contributed by atoms with E-state index in [1.807, 2.05) is 18.2 Å². The van der Waals surface area contributed by atoms with Crippen LogP contribution in [0.5, 0.6) is 0 Å². The molecule has 0 spiro atoms. The summed E-state index contributed by atoms with van der Waals surface area (Å²) in [6, 6.07) is 53.7. The second kappa shape index (κ2) is 9.68. The number of aliphatic imine (C=N–C) groups is 1. The molecule has 1 aliphatic rings. The third kappa shape index (κ3) is 3.71. The van der Waals surface area contributed by atoms with E-state index in [1.165, 1.54) is 27.1 Å². The molecule has 3 heterocycles. The van der Waals surface area contributed by atoms with Gasteiger partial charge in [0, 0.05) is 50.1 Å². The summed E-state index contributed by atoms with van der Waals surface area (Å²) in [5.41, 5.74) is 10.6. The molecule has 4 heteroatoms. The fourth-order valence-corrected chi connectivity index (χ4v) is 7.29. The number of hydrogen-bond donors (Lipinski definition) is 1. The van der Waals surface area contributed by atoms with Gasteiger partial charge in [-0.2, -0.15) is 0 Å². The van der Waals surface area contributed by atoms with Crippen molar-refractivity contribution >= 4 is 65.9 Å². The highest BCUT2D eigenvalue weighted by atomic mass is 16.3. The Balaban J connectivity index is 1.22. The van der Waals surface area contributed by atoms with Crippen molar-refractivity contribution in [1.29, 1.82) is 0 Å². The lowest BCUT2D eigenvalue weighted by atomic mass is 9.97. The van der Waals surface area contributed by atoms with Crippen LogP contribution in [0.25, 0.3) is 60.2 Å². The van der Waals surface area contributed by atoms with Crippen LogP contribution >= 0.6 is 0 Å². The Morgan fingerprint density at radius 1 is 0.565 bits per heavy atom. The molecule has 1 aliphatic heterocycles. The smallest absolute Gasteiger partial charge is 0.145 e. The second-order valence-corrected chi connectivity index (χ2v) is 12.0. The van der Waals surface area contributed by atoms with E-state index in [9.17, 15) is 0 Å². The molecule has 0 bridgehead atoms. The van der Waals surface area contributed by atoms with Gasteiger partial charge >= 0.3 is 0 Å². The second-order valence-electron chi connectivity index (χ2n) is 12.0. The topological polar surface area (TPSA) is 42.5 Å². The highest BCUT2D eigenvalue weighted by Crippen LogP contribution is 2.41. The number of para-hydroxylation sites is 2. The molecule has 0 radical (unpaired) electrons. The quantitative estimate of drug-likeness (QED) is 0.223. The highest BCUT2D eigenvalue weighted by Gasteiger charge is 2.24. The summed E-state index contributed by atoms with van der Waals surface area (Å²) < 4.78 is 8.78. The first kappa shape index (κ1) is 25.2. The predicted octanol–water partition coefficient (Wildman–Crippen LogP) is 10.8. The summed E-state index contributed by atoms with van der Waals surface area (Å²) in [6.45, 7) is 0. The minimum absolute atomic E-state index is 0.235. The first-order valence-electron chi connectivity index (χ1n) is 15.7. The molecule has 1 N–H and O–H groups in total. The van der Waals surface area contributed by atoms with Gasteiger partial charge in [0.2, 0.25) is 0 Å². The zero-order valence-corrected chi connectivity index (χ0v) is 24.8. The van der Waals surface area contributed by atoms with Crippen LogP contribution in [0.3, 0.4) is 0 Å². The Hall–Kier alpha value is -6.13. The number of rotatable bonds is 3. The van der Waals surface area contributed by atoms with E-state index in [1.54, 1.807) is 0 Å². The molecular weight excluding hydrogens is 562 g/mol. The number of furan rings is 1. The molecular formula is C42H27N3O. The Kier molecular flexibility index (Phi) is 5.31. The Bertz CT molecular complexity index is 2680. The van der Waals surface area contributed by atoms with Gasteiger partial charge in [-0.3, -0.25) is 4.99 Å². The molecule has 0 saturated carbocycles. The molecule has 7 aromatic carbocycles. The molecule has 46 heavy (non-hydrogen) atoms. The van der Waals surface area contributed by atoms with Crippen molar-refractivity contribution in [1.82, 2.24) is 4.57 Å². The monoisotopic (exact) mass is 589 g/mol. The fourth-order valence-electron chi connectivity index (χ4n) is 7.29. The predicted molar refractivity (Wildman–Crippen MR) is 190 cm³/mol. The lowest BCUT2D eigenvalue weighted by Gasteiger charge is -2.26. The van der Waals surface area contributed by atoms with Crippen LogP contribution in [-0.2, 0) is 0 Å². The molecule has 1 unspecified atom stereocenters. The number of benzene rings is 7. The Labute approximate surface area is 264 Å². The van der Waals surface area contributed by atoms with Gasteiger partial charge in [0.05, 0.1) is 16.7 Å². The normalized spacial score (nSPS) is 14.6. The van der Waals surface area contributed by atoms with Gasteiger partial charge in [0.1, 0.15) is 17.3 Å². The molecule has 216 valence electrons. The third-order valence-corrected chi connectivity index (χ3v) is 9.38. The largest absolute Gasteiger partial charge is 0.456 e. The summed E-state index contributed by atoms with van der Waals surface area (Å²) in [7, 11) is 0. The average Bonchev–Trinajstić information content (AvgIpc) is 3.65. The number of anilines is 1. The van der Waals surface area contributed by atoms with Crippen LogP contribution < -0.4 is 5.32 Å². The standard InChI is InChI=1S/C42H27N3O/c1-2-12-27(13-3-1)41-32-18-6-8-19-35(32)43-42(44-41)28-14-10-15-29(23-28)45-36-22-21-26-11-4-5-16-30(26)40(36)34-24-33-31-17-7-9-20-38(31)46-39(33)25-37(34)45/h1-25,42-43H. The summed E-state index contributed by atoms with van der Waals surface area (Å²) in [5, 5.41) is 10.9. The molecule has 0 aliphatic carbocycles. The molecule has 2 aromatic heterocycles. The molecule has 0 amide bonds. The SMILES string of the molecule is c1ccc(C2=NC(c3cccc(-n4c5cc6oc7ccccc7c6cc5c5c6ccccc6ccc54)c3)Nc3ccccc32)cc1. The molecule has 10 rings (SSSR count). The van der Waals surface area contributed by atoms with Crippen molar-refractivity contribution in [3.05, 3.63) is 168 Å². The van der Waals surface area contributed by atoms with Gasteiger partial charge in [-0.1, -0.05) is 109 Å². The lowest BCUT2D eigenvalue weighted by Crippen LogP contribution is -2.20. The van der Waals surface area contributed by atoms with Crippen molar-refractivity contribution < 1.29 is 4.42 Å². The lowest BCUT2D eigenvalue weighted by molar-refractivity contribution is 0.669. The van der Waals surface area contributed by atoms with Crippen molar-refractivity contribution in [3.8, 4) is 5.69 Å². The maximum Gasteiger partial charge on any atom is 0.145 e. The fraction of sp³-hybridized carbons (Fsp3) is 0.0238.